The summed E-state index contributed by atoms with van der Waals surface area (Å²) in [5.74, 6) is -0.938. The van der Waals surface area contributed by atoms with Gasteiger partial charge in [0.2, 0.25) is 0 Å². The highest BCUT2D eigenvalue weighted by molar-refractivity contribution is 5.71. The fourth-order valence-electron chi connectivity index (χ4n) is 6.25. The number of carbonyl (C=O) groups is 3. The summed E-state index contributed by atoms with van der Waals surface area (Å²) in [5, 5.41) is 0. The van der Waals surface area contributed by atoms with E-state index >= 15 is 0 Å². The molecule has 0 aliphatic carbocycles. The molecule has 6 heteroatoms. The Balaban J connectivity index is 4.30. The van der Waals surface area contributed by atoms with Gasteiger partial charge in [-0.25, -0.2) is 0 Å². The summed E-state index contributed by atoms with van der Waals surface area (Å²) in [4.78, 5) is 37.6. The zero-order valence-electron chi connectivity index (χ0n) is 38.2. The highest BCUT2D eigenvalue weighted by Crippen LogP contribution is 2.13. The molecule has 0 aliphatic rings. The van der Waals surface area contributed by atoms with E-state index in [2.05, 4.69) is 106 Å². The average Bonchev–Trinajstić information content (AvgIpc) is 3.23. The molecule has 0 N–H and O–H groups in total. The van der Waals surface area contributed by atoms with Crippen molar-refractivity contribution in [1.82, 2.24) is 0 Å². The summed E-state index contributed by atoms with van der Waals surface area (Å²) < 4.78 is 16.6. The molecule has 0 spiro atoms. The van der Waals surface area contributed by atoms with E-state index in [0.29, 0.717) is 19.3 Å². The van der Waals surface area contributed by atoms with E-state index < -0.39 is 6.10 Å². The van der Waals surface area contributed by atoms with Crippen molar-refractivity contribution in [3.8, 4) is 0 Å². The van der Waals surface area contributed by atoms with Crippen LogP contribution in [-0.2, 0) is 28.6 Å². The number of unbranched alkanes of at least 4 members (excludes halogenated alkanes) is 17. The number of hydrogen-bond donors (Lipinski definition) is 0. The van der Waals surface area contributed by atoms with E-state index in [1.54, 1.807) is 0 Å². The highest BCUT2D eigenvalue weighted by Gasteiger charge is 2.19. The maximum Gasteiger partial charge on any atom is 0.306 e. The third kappa shape index (κ3) is 45.5. The molecule has 1 unspecified atom stereocenters. The Morgan fingerprint density at radius 2 is 0.678 bits per heavy atom. The number of rotatable bonds is 42. The first-order chi connectivity index (χ1) is 29.0. The fraction of sp³-hybridized carbons (Fsp3) is 0.679. The number of hydrogen-bond acceptors (Lipinski definition) is 6. The van der Waals surface area contributed by atoms with Crippen LogP contribution in [-0.4, -0.2) is 37.2 Å². The lowest BCUT2D eigenvalue weighted by Gasteiger charge is -2.18. The van der Waals surface area contributed by atoms with Crippen LogP contribution in [0, 0.1) is 0 Å². The van der Waals surface area contributed by atoms with Crippen molar-refractivity contribution in [3.05, 3.63) is 85.1 Å². The van der Waals surface area contributed by atoms with E-state index in [9.17, 15) is 14.4 Å². The number of esters is 3. The first kappa shape index (κ1) is 55.6. The largest absolute Gasteiger partial charge is 0.462 e. The zero-order valence-corrected chi connectivity index (χ0v) is 38.2. The van der Waals surface area contributed by atoms with Gasteiger partial charge in [0.15, 0.2) is 6.10 Å². The molecule has 0 aromatic rings. The molecule has 0 saturated carbocycles. The second kappa shape index (κ2) is 47.3. The summed E-state index contributed by atoms with van der Waals surface area (Å²) in [6.45, 7) is 6.38. The van der Waals surface area contributed by atoms with Gasteiger partial charge in [-0.3, -0.25) is 14.4 Å². The van der Waals surface area contributed by atoms with E-state index in [0.717, 1.165) is 135 Å². The molecule has 6 nitrogen and oxygen atoms in total. The van der Waals surface area contributed by atoms with E-state index in [1.165, 1.54) is 38.5 Å². The Bertz CT molecular complexity index is 1170. The Labute approximate surface area is 363 Å². The number of allylic oxidation sites excluding steroid dienone is 14. The van der Waals surface area contributed by atoms with Gasteiger partial charge in [0.25, 0.3) is 0 Å². The van der Waals surface area contributed by atoms with Gasteiger partial charge in [-0.05, 0) is 89.9 Å². The highest BCUT2D eigenvalue weighted by atomic mass is 16.6. The second-order valence-electron chi connectivity index (χ2n) is 15.6. The Kier molecular flexibility index (Phi) is 44.5. The topological polar surface area (TPSA) is 78.9 Å². The Morgan fingerprint density at radius 3 is 1.08 bits per heavy atom. The van der Waals surface area contributed by atoms with Crippen molar-refractivity contribution in [1.29, 1.82) is 0 Å². The van der Waals surface area contributed by atoms with Gasteiger partial charge in [-0.15, -0.1) is 0 Å². The van der Waals surface area contributed by atoms with E-state index in [4.69, 9.17) is 14.2 Å². The van der Waals surface area contributed by atoms with Crippen molar-refractivity contribution in [2.75, 3.05) is 13.2 Å². The van der Waals surface area contributed by atoms with Gasteiger partial charge in [-0.2, -0.15) is 0 Å². The smallest absolute Gasteiger partial charge is 0.306 e. The van der Waals surface area contributed by atoms with Gasteiger partial charge in [0.1, 0.15) is 13.2 Å². The zero-order chi connectivity index (χ0) is 43.0. The van der Waals surface area contributed by atoms with Gasteiger partial charge in [-0.1, -0.05) is 189 Å². The third-order valence-electron chi connectivity index (χ3n) is 9.88. The summed E-state index contributed by atoms with van der Waals surface area (Å²) in [6, 6.07) is 0. The summed E-state index contributed by atoms with van der Waals surface area (Å²) in [5.41, 5.74) is 0. The quantitative estimate of drug-likeness (QED) is 0.0264. The van der Waals surface area contributed by atoms with Crippen molar-refractivity contribution < 1.29 is 28.6 Å². The predicted molar refractivity (Wildman–Crippen MR) is 251 cm³/mol. The first-order valence-corrected chi connectivity index (χ1v) is 24.1. The van der Waals surface area contributed by atoms with Gasteiger partial charge < -0.3 is 14.2 Å². The SMILES string of the molecule is CC/C=C\C/C=C\C/C=C\C/C=C\C/C=C\CCCCCCCC(=O)OCC(COC(=O)CCCCCCCC)OC(=O)CCCCCCC/C=C\C/C=C\CCCC. The van der Waals surface area contributed by atoms with Crippen LogP contribution in [0.3, 0.4) is 0 Å². The summed E-state index contributed by atoms with van der Waals surface area (Å²) in [6.07, 6.45) is 60.1. The minimum Gasteiger partial charge on any atom is -0.462 e. The molecule has 336 valence electrons. The first-order valence-electron chi connectivity index (χ1n) is 24.1. The van der Waals surface area contributed by atoms with Crippen molar-refractivity contribution in [2.45, 2.75) is 219 Å². The molecule has 0 heterocycles. The lowest BCUT2D eigenvalue weighted by molar-refractivity contribution is -0.167. The van der Waals surface area contributed by atoms with Crippen LogP contribution in [0.25, 0.3) is 0 Å². The van der Waals surface area contributed by atoms with Gasteiger partial charge in [0.05, 0.1) is 0 Å². The molecular weight excluding hydrogens is 733 g/mol. The molecule has 0 fully saturated rings. The Morgan fingerprint density at radius 1 is 0.356 bits per heavy atom. The average molecular weight is 821 g/mol. The van der Waals surface area contributed by atoms with Crippen LogP contribution in [0.5, 0.6) is 0 Å². The van der Waals surface area contributed by atoms with Crippen LogP contribution in [0.15, 0.2) is 85.1 Å². The monoisotopic (exact) mass is 821 g/mol. The van der Waals surface area contributed by atoms with Crippen LogP contribution in [0.2, 0.25) is 0 Å². The predicted octanol–water partition coefficient (Wildman–Crippen LogP) is 15.6. The molecule has 0 saturated heterocycles. The van der Waals surface area contributed by atoms with Crippen LogP contribution >= 0.6 is 0 Å². The van der Waals surface area contributed by atoms with Crippen LogP contribution < -0.4 is 0 Å². The van der Waals surface area contributed by atoms with Crippen molar-refractivity contribution >= 4 is 17.9 Å². The van der Waals surface area contributed by atoms with Crippen LogP contribution in [0.4, 0.5) is 0 Å². The minimum absolute atomic E-state index is 0.0897. The van der Waals surface area contributed by atoms with Gasteiger partial charge in [0, 0.05) is 19.3 Å². The minimum atomic E-state index is -0.788. The fourth-order valence-corrected chi connectivity index (χ4v) is 6.25. The van der Waals surface area contributed by atoms with E-state index in [1.807, 2.05) is 0 Å². The van der Waals surface area contributed by atoms with Crippen molar-refractivity contribution in [3.63, 3.8) is 0 Å². The third-order valence-corrected chi connectivity index (χ3v) is 9.88. The molecule has 0 aromatic carbocycles. The van der Waals surface area contributed by atoms with Gasteiger partial charge >= 0.3 is 17.9 Å². The maximum atomic E-state index is 12.7. The second-order valence-corrected chi connectivity index (χ2v) is 15.6. The molecule has 59 heavy (non-hydrogen) atoms. The lowest BCUT2D eigenvalue weighted by atomic mass is 10.1. The molecule has 0 rings (SSSR count). The molecule has 0 bridgehead atoms. The number of ether oxygens (including phenoxy) is 3. The molecule has 0 amide bonds. The standard InChI is InChI=1S/C53H88O6/c1-4-7-10-13-16-18-20-22-24-25-26-27-28-29-30-32-33-35-37-40-43-46-52(55)58-49-50(48-57-51(54)45-42-39-15-12-9-6-3)59-53(56)47-44-41-38-36-34-31-23-21-19-17-14-11-8-5-2/h7,10,14,16-18,21-24,26-27,29-30,50H,4-6,8-9,11-13,15,19-20,25,28,31-49H2,1-3H3/b10-7-,17-14-,18-16-,23-21-,24-22-,27-26-,30-29-. The lowest BCUT2D eigenvalue weighted by Crippen LogP contribution is -2.30. The molecule has 0 aromatic heterocycles. The molecule has 0 aliphatic heterocycles. The molecular formula is C53H88O6. The summed E-state index contributed by atoms with van der Waals surface area (Å²) in [7, 11) is 0. The molecule has 0 radical (unpaired) electrons. The maximum absolute atomic E-state index is 12.7. The Hall–Kier alpha value is -3.41. The van der Waals surface area contributed by atoms with Crippen LogP contribution in [0.1, 0.15) is 213 Å². The normalized spacial score (nSPS) is 12.8. The van der Waals surface area contributed by atoms with E-state index in [-0.39, 0.29) is 31.1 Å². The van der Waals surface area contributed by atoms with Crippen molar-refractivity contribution in [2.24, 2.45) is 0 Å². The summed E-state index contributed by atoms with van der Waals surface area (Å²) >= 11 is 0. The molecule has 1 atom stereocenters. The number of carbonyl (C=O) groups excluding carboxylic acids is 3.